The first-order chi connectivity index (χ1) is 13.2. The molecule has 1 N–H and O–H groups in total. The van der Waals surface area contributed by atoms with Gasteiger partial charge >= 0.3 is 0 Å². The van der Waals surface area contributed by atoms with Crippen molar-refractivity contribution >= 4 is 5.95 Å². The van der Waals surface area contributed by atoms with E-state index >= 15 is 0 Å². The van der Waals surface area contributed by atoms with Gasteiger partial charge in [0, 0.05) is 50.7 Å². The van der Waals surface area contributed by atoms with Crippen molar-refractivity contribution in [2.45, 2.75) is 31.8 Å². The van der Waals surface area contributed by atoms with Gasteiger partial charge < -0.3 is 15.1 Å². The van der Waals surface area contributed by atoms with Crippen LogP contribution in [0, 0.1) is 11.3 Å². The van der Waals surface area contributed by atoms with Crippen LogP contribution in [0.4, 0.5) is 5.95 Å². The number of nitriles is 1. The second-order valence-electron chi connectivity index (χ2n) is 7.57. The Kier molecular flexibility index (Phi) is 5.33. The molecule has 1 aromatic carbocycles. The molecule has 0 bridgehead atoms. The number of hydrogen-bond acceptors (Lipinski definition) is 6. The molecule has 140 valence electrons. The molecule has 1 aromatic heterocycles. The molecule has 1 aliphatic carbocycles. The Morgan fingerprint density at radius 2 is 2.11 bits per heavy atom. The smallest absolute Gasteiger partial charge is 0.225 e. The Labute approximate surface area is 160 Å². The van der Waals surface area contributed by atoms with Gasteiger partial charge in [0.2, 0.25) is 5.95 Å². The molecule has 1 aliphatic heterocycles. The number of aromatic nitrogens is 2. The molecule has 0 amide bonds. The predicted octanol–water partition coefficient (Wildman–Crippen LogP) is 1.75. The normalized spacial score (nSPS) is 20.1. The zero-order valence-corrected chi connectivity index (χ0v) is 15.9. The fraction of sp³-hybridized carbons (Fsp3) is 0.476. The number of anilines is 1. The lowest BCUT2D eigenvalue weighted by molar-refractivity contribution is 0.311. The Morgan fingerprint density at radius 1 is 1.26 bits per heavy atom. The summed E-state index contributed by atoms with van der Waals surface area (Å²) < 4.78 is 0. The van der Waals surface area contributed by atoms with E-state index in [-0.39, 0.29) is 0 Å². The van der Waals surface area contributed by atoms with Crippen LogP contribution in [0.3, 0.4) is 0 Å². The molecule has 4 rings (SSSR count). The summed E-state index contributed by atoms with van der Waals surface area (Å²) in [4.78, 5) is 14.2. The van der Waals surface area contributed by atoms with Crippen molar-refractivity contribution in [1.82, 2.24) is 20.2 Å². The van der Waals surface area contributed by atoms with E-state index in [2.05, 4.69) is 39.3 Å². The quantitative estimate of drug-likeness (QED) is 0.894. The highest BCUT2D eigenvalue weighted by Gasteiger charge is 2.22. The summed E-state index contributed by atoms with van der Waals surface area (Å²) in [5.41, 5.74) is 4.35. The predicted molar refractivity (Wildman–Crippen MR) is 106 cm³/mol. The van der Waals surface area contributed by atoms with Crippen LogP contribution in [0.2, 0.25) is 0 Å². The minimum Gasteiger partial charge on any atom is -0.338 e. The van der Waals surface area contributed by atoms with Crippen LogP contribution in [0.15, 0.2) is 30.5 Å². The van der Waals surface area contributed by atoms with Gasteiger partial charge in [0.25, 0.3) is 0 Å². The molecule has 2 aromatic rings. The average Bonchev–Trinajstić information content (AvgIpc) is 2.72. The monoisotopic (exact) mass is 362 g/mol. The lowest BCUT2D eigenvalue weighted by Gasteiger charge is -2.33. The van der Waals surface area contributed by atoms with Crippen molar-refractivity contribution in [2.75, 3.05) is 38.1 Å². The van der Waals surface area contributed by atoms with Crippen LogP contribution >= 0.6 is 0 Å². The molecule has 0 spiro atoms. The first-order valence-corrected chi connectivity index (χ1v) is 9.72. The van der Waals surface area contributed by atoms with E-state index in [0.717, 1.165) is 63.5 Å². The molecule has 2 heterocycles. The summed E-state index contributed by atoms with van der Waals surface area (Å²) in [5, 5.41) is 12.7. The highest BCUT2D eigenvalue weighted by Crippen LogP contribution is 2.22. The lowest BCUT2D eigenvalue weighted by Crippen LogP contribution is -2.45. The van der Waals surface area contributed by atoms with Crippen LogP contribution in [-0.4, -0.2) is 54.1 Å². The van der Waals surface area contributed by atoms with Crippen molar-refractivity contribution < 1.29 is 0 Å². The maximum Gasteiger partial charge on any atom is 0.225 e. The molecule has 0 saturated carbocycles. The molecular formula is C21H26N6. The molecule has 0 unspecified atom stereocenters. The topological polar surface area (TPSA) is 68.1 Å². The van der Waals surface area contributed by atoms with E-state index in [4.69, 9.17) is 10.2 Å². The summed E-state index contributed by atoms with van der Waals surface area (Å²) in [5.74, 6) is 0.890. The number of piperazine rings is 1. The van der Waals surface area contributed by atoms with Gasteiger partial charge in [-0.15, -0.1) is 0 Å². The standard InChI is InChI=1S/C21H26N6/c1-26-7-9-27(10-8-26)21-24-15-18-12-19(5-6-20(18)25-21)23-14-17-4-2-3-16(11-17)13-22/h2-4,11,15,19,23H,5-10,12,14H2,1H3/t19-/m1/s1. The van der Waals surface area contributed by atoms with Crippen LogP contribution < -0.4 is 10.2 Å². The Balaban J connectivity index is 1.36. The second kappa shape index (κ2) is 8.03. The maximum atomic E-state index is 9.03. The van der Waals surface area contributed by atoms with Gasteiger partial charge in [0.15, 0.2) is 0 Å². The second-order valence-corrected chi connectivity index (χ2v) is 7.57. The van der Waals surface area contributed by atoms with Gasteiger partial charge in [0.05, 0.1) is 11.6 Å². The molecule has 2 aliphatic rings. The third-order valence-electron chi connectivity index (χ3n) is 5.57. The number of nitrogens with zero attached hydrogens (tertiary/aromatic N) is 5. The van der Waals surface area contributed by atoms with Crippen LogP contribution in [0.25, 0.3) is 0 Å². The third kappa shape index (κ3) is 4.26. The highest BCUT2D eigenvalue weighted by molar-refractivity contribution is 5.36. The Hall–Kier alpha value is -2.49. The van der Waals surface area contributed by atoms with Gasteiger partial charge in [0.1, 0.15) is 0 Å². The van der Waals surface area contributed by atoms with Crippen LogP contribution in [0.1, 0.15) is 28.8 Å². The highest BCUT2D eigenvalue weighted by atomic mass is 15.3. The van der Waals surface area contributed by atoms with Crippen molar-refractivity contribution in [2.24, 2.45) is 0 Å². The number of likely N-dealkylation sites (N-methyl/N-ethyl adjacent to an activating group) is 1. The molecule has 1 fully saturated rings. The zero-order chi connectivity index (χ0) is 18.6. The van der Waals surface area contributed by atoms with Crippen LogP contribution in [-0.2, 0) is 19.4 Å². The fourth-order valence-electron chi connectivity index (χ4n) is 3.84. The van der Waals surface area contributed by atoms with Crippen molar-refractivity contribution in [1.29, 1.82) is 5.26 Å². The number of hydrogen-bond donors (Lipinski definition) is 1. The average molecular weight is 362 g/mol. The van der Waals surface area contributed by atoms with E-state index in [9.17, 15) is 0 Å². The largest absolute Gasteiger partial charge is 0.338 e. The summed E-state index contributed by atoms with van der Waals surface area (Å²) in [7, 11) is 2.16. The van der Waals surface area contributed by atoms with Crippen LogP contribution in [0.5, 0.6) is 0 Å². The van der Waals surface area contributed by atoms with E-state index < -0.39 is 0 Å². The molecule has 1 atom stereocenters. The first kappa shape index (κ1) is 17.9. The molecule has 27 heavy (non-hydrogen) atoms. The molecule has 0 radical (unpaired) electrons. The third-order valence-corrected chi connectivity index (χ3v) is 5.57. The minimum absolute atomic E-state index is 0.432. The van der Waals surface area contributed by atoms with Crippen molar-refractivity contribution in [3.05, 3.63) is 52.8 Å². The first-order valence-electron chi connectivity index (χ1n) is 9.72. The van der Waals surface area contributed by atoms with E-state index in [1.54, 1.807) is 0 Å². The number of nitrogens with one attached hydrogen (secondary N) is 1. The van der Waals surface area contributed by atoms with Gasteiger partial charge in [-0.2, -0.15) is 5.26 Å². The summed E-state index contributed by atoms with van der Waals surface area (Å²) in [6.07, 6.45) is 5.08. The van der Waals surface area contributed by atoms with E-state index in [1.807, 2.05) is 24.4 Å². The summed E-state index contributed by atoms with van der Waals surface area (Å²) in [6, 6.07) is 10.4. The minimum atomic E-state index is 0.432. The van der Waals surface area contributed by atoms with E-state index in [0.29, 0.717) is 11.6 Å². The van der Waals surface area contributed by atoms with Gasteiger partial charge in [-0.3, -0.25) is 0 Å². The Morgan fingerprint density at radius 3 is 2.93 bits per heavy atom. The SMILES string of the molecule is CN1CCN(c2ncc3c(n2)CC[C@@H](NCc2cccc(C#N)c2)C3)CC1. The number of fused-ring (bicyclic) bond motifs is 1. The number of aryl methyl sites for hydroxylation is 1. The zero-order valence-electron chi connectivity index (χ0n) is 15.9. The fourth-order valence-corrected chi connectivity index (χ4v) is 3.84. The van der Waals surface area contributed by atoms with Crippen molar-refractivity contribution in [3.8, 4) is 6.07 Å². The van der Waals surface area contributed by atoms with Gasteiger partial charge in [-0.1, -0.05) is 12.1 Å². The maximum absolute atomic E-state index is 9.03. The Bertz CT molecular complexity index is 835. The van der Waals surface area contributed by atoms with Crippen molar-refractivity contribution in [3.63, 3.8) is 0 Å². The molecular weight excluding hydrogens is 336 g/mol. The van der Waals surface area contributed by atoms with E-state index in [1.165, 1.54) is 11.3 Å². The lowest BCUT2D eigenvalue weighted by atomic mass is 9.92. The molecule has 6 heteroatoms. The number of benzene rings is 1. The van der Waals surface area contributed by atoms with Gasteiger partial charge in [-0.05, 0) is 49.6 Å². The summed E-state index contributed by atoms with van der Waals surface area (Å²) in [6.45, 7) is 4.93. The molecule has 1 saturated heterocycles. The molecule has 6 nitrogen and oxygen atoms in total. The summed E-state index contributed by atoms with van der Waals surface area (Å²) >= 11 is 0. The number of rotatable bonds is 4. The van der Waals surface area contributed by atoms with Gasteiger partial charge in [-0.25, -0.2) is 9.97 Å².